The number of aromatic nitrogens is 1. The number of nitrogens with one attached hydrogen (secondary N) is 8. The third kappa shape index (κ3) is 20.1. The van der Waals surface area contributed by atoms with Gasteiger partial charge in [-0.1, -0.05) is 76.2 Å². The number of aliphatic imine (C=N–C) groups is 1. The number of rotatable bonds is 31. The van der Waals surface area contributed by atoms with Crippen LogP contribution in [0.1, 0.15) is 97.1 Å². The second kappa shape index (κ2) is 30.6. The number of carbonyl (C=O) groups excluding carboxylic acids is 8. The number of hydrogen-bond acceptors (Lipinski definition) is 12. The second-order valence-corrected chi connectivity index (χ2v) is 20.3. The van der Waals surface area contributed by atoms with Gasteiger partial charge < -0.3 is 74.5 Å². The molecule has 8 amide bonds. The molecule has 0 aliphatic carbocycles. The SMILES string of the molecule is CC(C)C[C@H](NC(=O)[C@H](C)NC(=O)[C@H](CCCN=C(N)N)NC(=O)[C@@H]1CCCN1C(=O)CNC(=O)[C@H](Cc1c[nH]c2ccccc12)NC(=O)[C@H](CC(C)C)NC(=O)[C@H](Cc1ccccc1)NC(=O)[C@@H](N)CCC(=O)O)C(=O)O. The summed E-state index contributed by atoms with van der Waals surface area (Å²) in [6.07, 6.45) is 2.10. The zero-order valence-corrected chi connectivity index (χ0v) is 44.8. The minimum Gasteiger partial charge on any atom is -0.481 e. The van der Waals surface area contributed by atoms with Gasteiger partial charge in [-0.25, -0.2) is 4.79 Å². The van der Waals surface area contributed by atoms with Crippen LogP contribution in [0.15, 0.2) is 65.8 Å². The number of carboxylic acids is 2. The summed E-state index contributed by atoms with van der Waals surface area (Å²) < 4.78 is 0. The van der Waals surface area contributed by atoms with Crippen LogP contribution in [0.25, 0.3) is 10.9 Å². The third-order valence-electron chi connectivity index (χ3n) is 12.9. The summed E-state index contributed by atoms with van der Waals surface area (Å²) in [5.74, 6) is -8.69. The first-order valence-corrected chi connectivity index (χ1v) is 26.2. The number of aliphatic carboxylic acids is 2. The van der Waals surface area contributed by atoms with Crippen LogP contribution in [0, 0.1) is 11.8 Å². The summed E-state index contributed by atoms with van der Waals surface area (Å²) in [5, 5.41) is 38.0. The number of nitrogens with zero attached hydrogens (tertiary/aromatic N) is 2. The quantitative estimate of drug-likeness (QED) is 0.0218. The predicted molar refractivity (Wildman–Crippen MR) is 288 cm³/mol. The molecule has 0 spiro atoms. The highest BCUT2D eigenvalue weighted by Crippen LogP contribution is 2.21. The molecule has 1 fully saturated rings. The van der Waals surface area contributed by atoms with Gasteiger partial charge in [-0.2, -0.15) is 0 Å². The molecule has 2 heterocycles. The van der Waals surface area contributed by atoms with Crippen molar-refractivity contribution in [2.75, 3.05) is 19.6 Å². The lowest BCUT2D eigenvalue weighted by molar-refractivity contribution is -0.143. The van der Waals surface area contributed by atoms with Gasteiger partial charge in [0.05, 0.1) is 12.6 Å². The Kier molecular flexibility index (Phi) is 24.5. The number of carboxylic acid groups (broad SMARTS) is 2. The lowest BCUT2D eigenvalue weighted by atomic mass is 9.99. The molecule has 0 bridgehead atoms. The van der Waals surface area contributed by atoms with E-state index < -0.39 is 114 Å². The molecular weight excluding hydrogens is 1010 g/mol. The van der Waals surface area contributed by atoms with E-state index in [2.05, 4.69) is 47.2 Å². The minimum absolute atomic E-state index is 0.00544. The number of nitrogens with two attached hydrogens (primary N) is 3. The van der Waals surface area contributed by atoms with Crippen LogP contribution >= 0.6 is 0 Å². The number of fused-ring (bicyclic) bond motifs is 1. The lowest BCUT2D eigenvalue weighted by Gasteiger charge is -2.28. The van der Waals surface area contributed by atoms with Crippen LogP contribution in [-0.4, -0.2) is 153 Å². The molecule has 8 atom stereocenters. The maximum atomic E-state index is 14.4. The van der Waals surface area contributed by atoms with E-state index in [0.29, 0.717) is 17.5 Å². The third-order valence-corrected chi connectivity index (χ3v) is 12.9. The fraction of sp³-hybridized carbons (Fsp3) is 0.528. The van der Waals surface area contributed by atoms with E-state index in [0.717, 1.165) is 10.9 Å². The van der Waals surface area contributed by atoms with E-state index in [1.165, 1.54) is 11.8 Å². The highest BCUT2D eigenvalue weighted by atomic mass is 16.4. The van der Waals surface area contributed by atoms with Crippen molar-refractivity contribution in [2.45, 2.75) is 147 Å². The number of carbonyl (C=O) groups is 10. The summed E-state index contributed by atoms with van der Waals surface area (Å²) in [6.45, 7) is 8.22. The van der Waals surface area contributed by atoms with Crippen LogP contribution in [-0.2, 0) is 60.8 Å². The van der Waals surface area contributed by atoms with E-state index in [9.17, 15) is 53.1 Å². The summed E-state index contributed by atoms with van der Waals surface area (Å²) in [7, 11) is 0. The van der Waals surface area contributed by atoms with Crippen LogP contribution in [0.5, 0.6) is 0 Å². The first-order valence-electron chi connectivity index (χ1n) is 26.2. The monoisotopic (exact) mass is 1090 g/mol. The lowest BCUT2D eigenvalue weighted by Crippen LogP contribution is -2.59. The normalized spacial score (nSPS) is 15.8. The molecule has 1 aliphatic heterocycles. The van der Waals surface area contributed by atoms with Crippen LogP contribution in [0.4, 0.5) is 0 Å². The Morgan fingerprint density at radius 1 is 0.679 bits per heavy atom. The van der Waals surface area contributed by atoms with E-state index in [1.807, 2.05) is 32.0 Å². The van der Waals surface area contributed by atoms with E-state index in [4.69, 9.17) is 22.3 Å². The van der Waals surface area contributed by atoms with Gasteiger partial charge in [-0.05, 0) is 80.9 Å². The first-order chi connectivity index (χ1) is 36.9. The van der Waals surface area contributed by atoms with Crippen LogP contribution < -0.4 is 54.4 Å². The molecule has 78 heavy (non-hydrogen) atoms. The Hall–Kier alpha value is -8.09. The Balaban J connectivity index is 1.52. The smallest absolute Gasteiger partial charge is 0.326 e. The van der Waals surface area contributed by atoms with Crippen LogP contribution in [0.3, 0.4) is 0 Å². The zero-order chi connectivity index (χ0) is 57.6. The molecule has 16 N–H and O–H groups in total. The Morgan fingerprint density at radius 2 is 1.27 bits per heavy atom. The van der Waals surface area contributed by atoms with Crippen molar-refractivity contribution in [1.82, 2.24) is 47.1 Å². The summed E-state index contributed by atoms with van der Waals surface area (Å²) >= 11 is 0. The summed E-state index contributed by atoms with van der Waals surface area (Å²) in [6, 6.07) is 6.26. The van der Waals surface area contributed by atoms with Crippen molar-refractivity contribution < 1.29 is 58.2 Å². The number of aromatic amines is 1. The Morgan fingerprint density at radius 3 is 1.92 bits per heavy atom. The number of likely N-dealkylation sites (tertiary alicyclic amines) is 1. The zero-order valence-electron chi connectivity index (χ0n) is 44.8. The molecule has 1 saturated heterocycles. The van der Waals surface area contributed by atoms with E-state index in [1.54, 1.807) is 56.4 Å². The minimum atomic E-state index is -1.33. The van der Waals surface area contributed by atoms with Gasteiger partial charge >= 0.3 is 11.9 Å². The van der Waals surface area contributed by atoms with Gasteiger partial charge in [-0.3, -0.25) is 48.1 Å². The molecular formula is C53H77N13O12. The van der Waals surface area contributed by atoms with E-state index >= 15 is 0 Å². The highest BCUT2D eigenvalue weighted by molar-refractivity contribution is 5.98. The van der Waals surface area contributed by atoms with Crippen molar-refractivity contribution in [2.24, 2.45) is 34.0 Å². The molecule has 1 aromatic heterocycles. The summed E-state index contributed by atoms with van der Waals surface area (Å²) in [5.41, 5.74) is 19.0. The maximum absolute atomic E-state index is 14.4. The predicted octanol–water partition coefficient (Wildman–Crippen LogP) is -0.589. The van der Waals surface area contributed by atoms with Crippen LogP contribution in [0.2, 0.25) is 0 Å². The van der Waals surface area contributed by atoms with Gasteiger partial charge in [0.25, 0.3) is 0 Å². The number of para-hydroxylation sites is 1. The molecule has 3 aromatic rings. The van der Waals surface area contributed by atoms with Gasteiger partial charge in [0, 0.05) is 49.5 Å². The number of hydrogen-bond donors (Lipinski definition) is 13. The van der Waals surface area contributed by atoms with Gasteiger partial charge in [-0.15, -0.1) is 0 Å². The van der Waals surface area contributed by atoms with Crippen molar-refractivity contribution in [1.29, 1.82) is 0 Å². The highest BCUT2D eigenvalue weighted by Gasteiger charge is 2.38. The number of amides is 8. The van der Waals surface area contributed by atoms with Crippen molar-refractivity contribution in [3.63, 3.8) is 0 Å². The molecule has 25 heteroatoms. The van der Waals surface area contributed by atoms with Gasteiger partial charge in [0.1, 0.15) is 42.3 Å². The average Bonchev–Trinajstić information content (AvgIpc) is 4.06. The number of benzene rings is 2. The van der Waals surface area contributed by atoms with Gasteiger partial charge in [0.2, 0.25) is 47.3 Å². The number of guanidine groups is 1. The molecule has 1 aliphatic rings. The second-order valence-electron chi connectivity index (χ2n) is 20.3. The van der Waals surface area contributed by atoms with E-state index in [-0.39, 0.29) is 88.7 Å². The molecule has 4 rings (SSSR count). The van der Waals surface area contributed by atoms with Crippen molar-refractivity contribution in [3.05, 3.63) is 71.9 Å². The largest absolute Gasteiger partial charge is 0.481 e. The average molecular weight is 1090 g/mol. The first kappa shape index (κ1) is 62.4. The standard InChI is InChI=1S/C53H77N13O12/c1-29(2)23-38(63-50(75)39(25-32-13-7-6-8-14-32)62-46(71)35(54)19-20-44(68)69)49(74)64-40(26-33-27-58-36-16-10-9-15-34(33)36)47(72)59-28-43(67)66-22-12-18-42(66)51(76)61-37(17-11-21-57-53(55)56)48(73)60-31(5)45(70)65-41(52(77)78)24-30(3)4/h6-10,13-16,27,29-31,35,37-42,58H,11-12,17-26,28,54H2,1-5H3,(H,59,72)(H,60,73)(H,61,76)(H,62,71)(H,63,75)(H,64,74)(H,65,70)(H,68,69)(H,77,78)(H4,55,56,57)/t31-,35-,37-,38-,39-,40-,41-,42-/m0/s1. The fourth-order valence-electron chi connectivity index (χ4n) is 8.86. The Labute approximate surface area is 452 Å². The Bertz CT molecular complexity index is 2600. The van der Waals surface area contributed by atoms with Crippen molar-refractivity contribution >= 4 is 76.1 Å². The van der Waals surface area contributed by atoms with Gasteiger partial charge in [0.15, 0.2) is 5.96 Å². The molecule has 0 radical (unpaired) electrons. The summed E-state index contributed by atoms with van der Waals surface area (Å²) in [4.78, 5) is 142. The maximum Gasteiger partial charge on any atom is 0.326 e. The van der Waals surface area contributed by atoms with Crippen molar-refractivity contribution in [3.8, 4) is 0 Å². The fourth-order valence-corrected chi connectivity index (χ4v) is 8.86. The molecule has 2 aromatic carbocycles. The topological polar surface area (TPSA) is 405 Å². The molecule has 0 unspecified atom stereocenters. The molecule has 0 saturated carbocycles. The number of H-pyrrole nitrogens is 1. The molecule has 426 valence electrons. The molecule has 25 nitrogen and oxygen atoms in total.